The third-order valence-corrected chi connectivity index (χ3v) is 0. The number of hydrogen-bond acceptors (Lipinski definition) is 3. The Balaban J connectivity index is -0.0000000184. The zero-order chi connectivity index (χ0) is 10.7. The molecule has 0 fully saturated rings. The number of rotatable bonds is 0. The molecule has 0 heterocycles. The van der Waals surface area contributed by atoms with Gasteiger partial charge in [0.1, 0.15) is 0 Å². The van der Waals surface area contributed by atoms with Crippen LogP contribution in [0.2, 0.25) is 0 Å². The zero-order valence-corrected chi connectivity index (χ0v) is 10.1. The van der Waals surface area contributed by atoms with Crippen LogP contribution in [0.5, 0.6) is 0 Å². The maximum atomic E-state index is 8.81. The summed E-state index contributed by atoms with van der Waals surface area (Å²) in [5.41, 5.74) is 0. The van der Waals surface area contributed by atoms with E-state index in [-0.39, 0.29) is 57.8 Å². The van der Waals surface area contributed by atoms with Gasteiger partial charge in [0.15, 0.2) is 34.7 Å². The maximum absolute atomic E-state index is 8.81. The Hall–Kier alpha value is 3.13. The van der Waals surface area contributed by atoms with Gasteiger partial charge in [-0.3, -0.25) is 0 Å². The van der Waals surface area contributed by atoms with Crippen LogP contribution in [0.1, 0.15) is 0 Å². The van der Waals surface area contributed by atoms with Crippen LogP contribution in [0.4, 0.5) is 0 Å². The Kier molecular flexibility index (Phi) is 73.0. The molecule has 0 atom stereocenters. The van der Waals surface area contributed by atoms with Crippen molar-refractivity contribution in [3.63, 3.8) is 0 Å². The normalized spacial score (nSPS) is 5.20. The van der Waals surface area contributed by atoms with Gasteiger partial charge in [0.25, 0.3) is 0 Å². The van der Waals surface area contributed by atoms with Crippen LogP contribution in [0.15, 0.2) is 0 Å². The molecule has 9 nitrogen and oxygen atoms in total. The monoisotopic (exact) mass is 380 g/mol. The molecule has 0 aliphatic carbocycles. The molecule has 0 unspecified atom stereocenters. The first kappa shape index (κ1) is 36.2. The van der Waals surface area contributed by atoms with E-state index in [1.807, 2.05) is 0 Å². The van der Waals surface area contributed by atoms with E-state index in [2.05, 4.69) is 0 Å². The van der Waals surface area contributed by atoms with Crippen LogP contribution >= 0.6 is 0 Å². The molecule has 88 valence electrons. The third-order valence-electron chi connectivity index (χ3n) is 0. The van der Waals surface area contributed by atoms with Crippen molar-refractivity contribution in [1.82, 2.24) is 0 Å². The first-order valence-corrected chi connectivity index (χ1v) is 8.06. The minimum absolute atomic E-state index is 0. The summed E-state index contributed by atoms with van der Waals surface area (Å²) in [4.78, 5) is 0. The Morgan fingerprint density at radius 3 is 0.533 bits per heavy atom. The van der Waals surface area contributed by atoms with E-state index >= 15 is 0 Å². The van der Waals surface area contributed by atoms with Crippen LogP contribution in [-0.2, 0) is 65.8 Å². The molecule has 0 aromatic rings. The van der Waals surface area contributed by atoms with E-state index in [0.29, 0.717) is 0 Å². The van der Waals surface area contributed by atoms with Gasteiger partial charge in [0.2, 0.25) is 0 Å². The fourth-order valence-electron chi connectivity index (χ4n) is 0. The predicted molar refractivity (Wildman–Crippen MR) is 43.8 cm³/mol. The zero-order valence-electron chi connectivity index (χ0n) is 5.41. The van der Waals surface area contributed by atoms with Gasteiger partial charge in [0.05, 0.1) is 0 Å². The van der Waals surface area contributed by atoms with Gasteiger partial charge in [-0.2, -0.15) is 0 Å². The third kappa shape index (κ3) is 400. The first-order chi connectivity index (χ1) is 5.20. The second-order valence-corrected chi connectivity index (χ2v) is 3.50. The van der Waals surface area contributed by atoms with Gasteiger partial charge >= 0.3 is 111 Å². The van der Waals surface area contributed by atoms with Gasteiger partial charge in [-0.25, -0.2) is 0 Å². The van der Waals surface area contributed by atoms with Crippen molar-refractivity contribution in [3.05, 3.63) is 0 Å². The Bertz CT molecular complexity index is 121. The summed E-state index contributed by atoms with van der Waals surface area (Å²) >= 11 is -10.8. The number of hydrogen-bond donors (Lipinski definition) is 6. The molecule has 0 aromatic heterocycles. The molecule has 15 heavy (non-hydrogen) atoms. The van der Waals surface area contributed by atoms with Crippen LogP contribution in [0.3, 0.4) is 0 Å². The van der Waals surface area contributed by atoms with E-state index in [1.54, 1.807) is 0 Å². The fourth-order valence-corrected chi connectivity index (χ4v) is 0. The van der Waals surface area contributed by atoms with Gasteiger partial charge in [-0.05, 0) is 0 Å². The standard InChI is InChI=1S/2Al.Mg.6H2O.3O.3Ti.8H/h;;;6*1H2;;;;;;;;;;;;;;/q;;;;;;;;;;;;3*+2;;;;;;;;/p-6. The summed E-state index contributed by atoms with van der Waals surface area (Å²) in [6.07, 6.45) is 0. The quantitative estimate of drug-likeness (QED) is 0.223. The Labute approximate surface area is 143 Å². The molecule has 0 aliphatic heterocycles. The molecule has 0 radical (unpaired) electrons. The Morgan fingerprint density at radius 1 is 0.533 bits per heavy atom. The van der Waals surface area contributed by atoms with Crippen molar-refractivity contribution >= 4 is 57.8 Å². The van der Waals surface area contributed by atoms with Gasteiger partial charge in [-0.15, -0.1) is 0 Å². The van der Waals surface area contributed by atoms with Crippen LogP contribution in [0.25, 0.3) is 0 Å². The van der Waals surface area contributed by atoms with E-state index in [9.17, 15) is 0 Å². The summed E-state index contributed by atoms with van der Waals surface area (Å²) in [5.74, 6) is 0. The molecule has 15 heteroatoms. The summed E-state index contributed by atoms with van der Waals surface area (Å²) in [6, 6.07) is 0. The molecule has 0 aromatic carbocycles. The molecule has 0 amide bonds. The fraction of sp³-hybridized carbons (Fsp3) is 0. The summed E-state index contributed by atoms with van der Waals surface area (Å²) < 4.78 is 69.8. The predicted octanol–water partition coefficient (Wildman–Crippen LogP) is -6.99. The average Bonchev–Trinajstić information content (AvgIpc) is 1.54. The topological polar surface area (TPSA) is 173 Å². The van der Waals surface area contributed by atoms with Crippen molar-refractivity contribution in [2.24, 2.45) is 0 Å². The average molecular weight is 380 g/mol. The molecule has 6 N–H and O–H groups in total. The molecule has 0 saturated heterocycles. The summed E-state index contributed by atoms with van der Waals surface area (Å²) in [6.45, 7) is 0. The van der Waals surface area contributed by atoms with Crippen molar-refractivity contribution in [2.75, 3.05) is 0 Å². The van der Waals surface area contributed by atoms with Crippen LogP contribution in [0, 0.1) is 0 Å². The van der Waals surface area contributed by atoms with Crippen LogP contribution < -0.4 is 0 Å². The van der Waals surface area contributed by atoms with E-state index in [1.165, 1.54) is 0 Å². The van der Waals surface area contributed by atoms with Crippen molar-refractivity contribution in [2.45, 2.75) is 0 Å². The SMILES string of the molecule is [AlH3].[AlH3].[MgH2].[O]=[Ti]([OH])[OH].[O]=[Ti]([OH])[OH].[O]=[Ti]([OH])[OH]. The van der Waals surface area contributed by atoms with Gasteiger partial charge in [0, 0.05) is 0 Å². The van der Waals surface area contributed by atoms with Crippen molar-refractivity contribution in [1.29, 1.82) is 0 Å². The molecule has 0 rings (SSSR count). The van der Waals surface area contributed by atoms with E-state index in [0.717, 1.165) is 0 Å². The van der Waals surface area contributed by atoms with E-state index in [4.69, 9.17) is 32.1 Å². The minimum atomic E-state index is -3.58. The Morgan fingerprint density at radius 2 is 0.533 bits per heavy atom. The van der Waals surface area contributed by atoms with Crippen molar-refractivity contribution in [3.8, 4) is 0 Å². The van der Waals surface area contributed by atoms with Gasteiger partial charge < -0.3 is 0 Å². The molecule has 0 spiro atoms. The molecular formula is H14Al2MgO9Ti3. The molecular weight excluding hydrogens is 366 g/mol. The van der Waals surface area contributed by atoms with Crippen LogP contribution in [-0.4, -0.2) is 79.9 Å². The second-order valence-electron chi connectivity index (χ2n) is 0.848. The molecule has 0 saturated carbocycles. The molecule has 0 bridgehead atoms. The first-order valence-electron chi connectivity index (χ1n) is 1.95. The van der Waals surface area contributed by atoms with Crippen molar-refractivity contribution < 1.29 is 88.0 Å². The molecule has 0 aliphatic rings. The van der Waals surface area contributed by atoms with E-state index < -0.39 is 55.8 Å². The van der Waals surface area contributed by atoms with Gasteiger partial charge in [-0.1, -0.05) is 0 Å². The second kappa shape index (κ2) is 30.3. The summed E-state index contributed by atoms with van der Waals surface area (Å²) in [5, 5.41) is 0. The summed E-state index contributed by atoms with van der Waals surface area (Å²) in [7, 11) is 0.